The van der Waals surface area contributed by atoms with Crippen LogP contribution in [-0.2, 0) is 11.3 Å². The highest BCUT2D eigenvalue weighted by atomic mass is 32.1. The van der Waals surface area contributed by atoms with Crippen molar-refractivity contribution in [3.63, 3.8) is 0 Å². The zero-order chi connectivity index (χ0) is 9.68. The van der Waals surface area contributed by atoms with E-state index in [2.05, 4.69) is 12.6 Å². The van der Waals surface area contributed by atoms with Gasteiger partial charge in [-0.3, -0.25) is 0 Å². The Morgan fingerprint density at radius 1 is 1.38 bits per heavy atom. The fourth-order valence-electron chi connectivity index (χ4n) is 0.905. The first kappa shape index (κ1) is 9.71. The number of amides is 1. The van der Waals surface area contributed by atoms with Gasteiger partial charge in [-0.05, 0) is 12.6 Å². The molecule has 0 fully saturated rings. The van der Waals surface area contributed by atoms with E-state index >= 15 is 0 Å². The summed E-state index contributed by atoms with van der Waals surface area (Å²) in [7, 11) is 0. The first-order valence-corrected chi connectivity index (χ1v) is 4.11. The molecular formula is C9H8NO2S+. The number of thiol groups is 1. The van der Waals surface area contributed by atoms with Gasteiger partial charge in [0.05, 0.1) is 0 Å². The van der Waals surface area contributed by atoms with Crippen LogP contribution in [0.5, 0.6) is 0 Å². The van der Waals surface area contributed by atoms with E-state index in [1.165, 1.54) is 6.08 Å². The van der Waals surface area contributed by atoms with Crippen molar-refractivity contribution in [1.29, 1.82) is 0 Å². The van der Waals surface area contributed by atoms with Crippen LogP contribution >= 0.6 is 12.6 Å². The second kappa shape index (κ2) is 4.60. The molecule has 0 aliphatic carbocycles. The molecule has 0 aliphatic rings. The number of benzene rings is 1. The van der Waals surface area contributed by atoms with Gasteiger partial charge in [-0.2, -0.15) is 4.79 Å². The third kappa shape index (κ3) is 2.86. The number of nitrogens with zero attached hydrogens (tertiary/aromatic N) is 1. The van der Waals surface area contributed by atoms with Crippen molar-refractivity contribution in [2.75, 3.05) is 0 Å². The van der Waals surface area contributed by atoms with Gasteiger partial charge in [0.25, 0.3) is 0 Å². The van der Waals surface area contributed by atoms with Crippen molar-refractivity contribution >= 4 is 23.9 Å². The standard InChI is InChI=1S/C9H7NO2S/c11-7-10(9(12)13)6-8-4-2-1-3-5-8/h1-5H,6H2/p+1. The Kier molecular flexibility index (Phi) is 3.43. The maximum Gasteiger partial charge on any atom is 0.457 e. The van der Waals surface area contributed by atoms with E-state index in [-0.39, 0.29) is 6.54 Å². The zero-order valence-electron chi connectivity index (χ0n) is 6.80. The predicted octanol–water partition coefficient (Wildman–Crippen LogP) is 1.58. The molecule has 3 nitrogen and oxygen atoms in total. The van der Waals surface area contributed by atoms with Gasteiger partial charge in [-0.25, -0.2) is 4.79 Å². The summed E-state index contributed by atoms with van der Waals surface area (Å²) in [5.74, 6) is 0. The Bertz CT molecular complexity index is 355. The molecule has 0 heterocycles. The summed E-state index contributed by atoms with van der Waals surface area (Å²) in [4.78, 5) is 21.0. The van der Waals surface area contributed by atoms with Crippen LogP contribution in [0.4, 0.5) is 4.79 Å². The van der Waals surface area contributed by atoms with Crippen molar-refractivity contribution in [2.24, 2.45) is 0 Å². The lowest BCUT2D eigenvalue weighted by molar-refractivity contribution is -0.431. The minimum absolute atomic E-state index is 0.215. The molecular weight excluding hydrogens is 186 g/mol. The number of carbonyl (C=O) groups excluding carboxylic acids is 2. The number of rotatable bonds is 2. The normalized spacial score (nSPS) is 9.00. The zero-order valence-corrected chi connectivity index (χ0v) is 7.70. The first-order valence-electron chi connectivity index (χ1n) is 3.66. The van der Waals surface area contributed by atoms with Gasteiger partial charge in [0, 0.05) is 5.56 Å². The van der Waals surface area contributed by atoms with Crippen molar-refractivity contribution in [3.8, 4) is 0 Å². The van der Waals surface area contributed by atoms with Gasteiger partial charge in [0.1, 0.15) is 0 Å². The molecule has 0 aliphatic heterocycles. The molecule has 1 amide bonds. The van der Waals surface area contributed by atoms with Gasteiger partial charge in [0.15, 0.2) is 6.54 Å². The molecule has 0 N–H and O–H groups in total. The van der Waals surface area contributed by atoms with E-state index in [0.29, 0.717) is 0 Å². The molecule has 0 radical (unpaired) electrons. The molecule has 4 heteroatoms. The number of carbonyl (C=O) groups is 1. The number of isocyanates is 1. The summed E-state index contributed by atoms with van der Waals surface area (Å²) in [6, 6.07) is 9.17. The second-order valence-corrected chi connectivity index (χ2v) is 2.83. The summed E-state index contributed by atoms with van der Waals surface area (Å²) in [5.41, 5.74) is 0.869. The molecule has 66 valence electrons. The Labute approximate surface area is 81.1 Å². The van der Waals surface area contributed by atoms with Crippen molar-refractivity contribution < 1.29 is 14.2 Å². The molecule has 0 aromatic heterocycles. The van der Waals surface area contributed by atoms with Crippen LogP contribution in [0.25, 0.3) is 0 Å². The van der Waals surface area contributed by atoms with Crippen molar-refractivity contribution in [3.05, 3.63) is 35.9 Å². The fraction of sp³-hybridized carbons (Fsp3) is 0.111. The highest BCUT2D eigenvalue weighted by Crippen LogP contribution is 2.01. The van der Waals surface area contributed by atoms with Gasteiger partial charge < -0.3 is 0 Å². The monoisotopic (exact) mass is 194 g/mol. The lowest BCUT2D eigenvalue weighted by atomic mass is 10.2. The average molecular weight is 194 g/mol. The molecule has 0 atom stereocenters. The molecule has 1 rings (SSSR count). The lowest BCUT2D eigenvalue weighted by Crippen LogP contribution is -2.12. The quantitative estimate of drug-likeness (QED) is 0.336. The summed E-state index contributed by atoms with van der Waals surface area (Å²) in [6.45, 7) is 0.215. The maximum absolute atomic E-state index is 10.7. The van der Waals surface area contributed by atoms with Crippen LogP contribution in [0.1, 0.15) is 5.56 Å². The van der Waals surface area contributed by atoms with Gasteiger partial charge in [-0.15, -0.1) is 0 Å². The van der Waals surface area contributed by atoms with Crippen LogP contribution in [0.3, 0.4) is 0 Å². The summed E-state index contributed by atoms with van der Waals surface area (Å²) in [6.07, 6.45) is 1.51. The van der Waals surface area contributed by atoms with E-state index in [4.69, 9.17) is 0 Å². The van der Waals surface area contributed by atoms with E-state index in [1.807, 2.05) is 30.3 Å². The molecule has 0 spiro atoms. The number of hydrogen-bond acceptors (Lipinski definition) is 2. The van der Waals surface area contributed by atoms with Crippen molar-refractivity contribution in [2.45, 2.75) is 6.54 Å². The molecule has 0 unspecified atom stereocenters. The third-order valence-corrected chi connectivity index (χ3v) is 1.77. The maximum atomic E-state index is 10.7. The smallest absolute Gasteiger partial charge is 0.207 e. The fourth-order valence-corrected chi connectivity index (χ4v) is 1.02. The largest absolute Gasteiger partial charge is 0.457 e. The topological polar surface area (TPSA) is 37.1 Å². The minimum atomic E-state index is -0.598. The third-order valence-electron chi connectivity index (χ3n) is 1.52. The van der Waals surface area contributed by atoms with Gasteiger partial charge in [-0.1, -0.05) is 34.9 Å². The van der Waals surface area contributed by atoms with E-state index in [9.17, 15) is 9.59 Å². The molecule has 0 bridgehead atoms. The second-order valence-electron chi connectivity index (χ2n) is 2.45. The van der Waals surface area contributed by atoms with E-state index in [0.717, 1.165) is 10.1 Å². The average Bonchev–Trinajstić information content (AvgIpc) is 2.15. The predicted molar refractivity (Wildman–Crippen MR) is 50.5 cm³/mol. The Balaban J connectivity index is 2.80. The molecule has 1 aromatic rings. The Morgan fingerprint density at radius 2 is 2.00 bits per heavy atom. The minimum Gasteiger partial charge on any atom is -0.207 e. The van der Waals surface area contributed by atoms with Crippen LogP contribution < -0.4 is 0 Å². The van der Waals surface area contributed by atoms with Crippen molar-refractivity contribution in [1.82, 2.24) is 0 Å². The Morgan fingerprint density at radius 3 is 2.46 bits per heavy atom. The molecule has 0 saturated carbocycles. The molecule has 0 saturated heterocycles. The number of hydrogen-bond donors (Lipinski definition) is 1. The molecule has 13 heavy (non-hydrogen) atoms. The van der Waals surface area contributed by atoms with Gasteiger partial charge >= 0.3 is 11.3 Å². The van der Waals surface area contributed by atoms with Gasteiger partial charge in [0.2, 0.25) is 0 Å². The highest BCUT2D eigenvalue weighted by molar-refractivity contribution is 7.96. The SMILES string of the molecule is O=C=[N+](Cc1ccccc1)C(=O)S. The van der Waals surface area contributed by atoms with Crippen LogP contribution in [-0.4, -0.2) is 15.9 Å². The van der Waals surface area contributed by atoms with Crippen LogP contribution in [0, 0.1) is 0 Å². The summed E-state index contributed by atoms with van der Waals surface area (Å²) < 4.78 is 0.873. The highest BCUT2D eigenvalue weighted by Gasteiger charge is 2.13. The van der Waals surface area contributed by atoms with Crippen LogP contribution in [0.15, 0.2) is 30.3 Å². The van der Waals surface area contributed by atoms with Crippen LogP contribution in [0.2, 0.25) is 0 Å². The van der Waals surface area contributed by atoms with E-state index < -0.39 is 5.24 Å². The van der Waals surface area contributed by atoms with E-state index in [1.54, 1.807) is 0 Å². The summed E-state index contributed by atoms with van der Waals surface area (Å²) in [5, 5.41) is -0.598. The summed E-state index contributed by atoms with van der Waals surface area (Å²) >= 11 is 3.53. The lowest BCUT2D eigenvalue weighted by Gasteiger charge is -1.93. The molecule has 1 aromatic carbocycles. The first-order chi connectivity index (χ1) is 6.24. The Hall–Kier alpha value is -1.38.